The topological polar surface area (TPSA) is 46.2 Å². The van der Waals surface area contributed by atoms with E-state index < -0.39 is 0 Å². The Morgan fingerprint density at radius 2 is 1.55 bits per heavy atom. The predicted molar refractivity (Wildman–Crippen MR) is 123 cm³/mol. The van der Waals surface area contributed by atoms with Gasteiger partial charge in [0, 0.05) is 31.9 Å². The van der Waals surface area contributed by atoms with E-state index in [4.69, 9.17) is 34.8 Å². The van der Waals surface area contributed by atoms with E-state index in [1.165, 1.54) is 11.8 Å². The minimum atomic E-state index is -0.234. The van der Waals surface area contributed by atoms with Gasteiger partial charge in [-0.1, -0.05) is 71.2 Å². The highest BCUT2D eigenvalue weighted by atomic mass is 35.5. The van der Waals surface area contributed by atoms with E-state index in [0.29, 0.717) is 37.6 Å². The first kappa shape index (κ1) is 21.7. The van der Waals surface area contributed by atoms with Crippen LogP contribution in [0.3, 0.4) is 0 Å². The molecule has 3 aromatic rings. The van der Waals surface area contributed by atoms with Gasteiger partial charge in [-0.25, -0.2) is 0 Å². The number of nitrogens with one attached hydrogen (secondary N) is 1. The van der Waals surface area contributed by atoms with Crippen LogP contribution in [0.5, 0.6) is 0 Å². The van der Waals surface area contributed by atoms with E-state index in [1.807, 2.05) is 6.07 Å². The Hall–Kier alpha value is -1.98. The molecular weight excluding hydrogens is 449 g/mol. The van der Waals surface area contributed by atoms with Crippen molar-refractivity contribution in [3.05, 3.63) is 98.5 Å². The van der Waals surface area contributed by atoms with Crippen LogP contribution < -0.4 is 5.32 Å². The third kappa shape index (κ3) is 5.77. The zero-order valence-electron chi connectivity index (χ0n) is 15.1. The highest BCUT2D eigenvalue weighted by molar-refractivity contribution is 7.99. The summed E-state index contributed by atoms with van der Waals surface area (Å²) in [5, 5.41) is 4.36. The molecule has 0 saturated carbocycles. The fraction of sp³-hybridized carbons (Fsp3) is 0.0909. The molecule has 3 rings (SSSR count). The van der Waals surface area contributed by atoms with E-state index in [1.54, 1.807) is 60.7 Å². The maximum absolute atomic E-state index is 12.8. The minimum absolute atomic E-state index is 0.184. The van der Waals surface area contributed by atoms with Crippen molar-refractivity contribution in [3.8, 4) is 0 Å². The summed E-state index contributed by atoms with van der Waals surface area (Å²) in [5.41, 5.74) is 2.08. The molecule has 0 saturated heterocycles. The molecule has 0 fully saturated rings. The molecule has 3 nitrogen and oxygen atoms in total. The van der Waals surface area contributed by atoms with Crippen molar-refractivity contribution in [2.45, 2.75) is 5.75 Å². The van der Waals surface area contributed by atoms with Crippen LogP contribution in [0.1, 0.15) is 21.5 Å². The average Bonchev–Trinajstić information content (AvgIpc) is 2.71. The summed E-state index contributed by atoms with van der Waals surface area (Å²) in [5.74, 6) is 0.243. The molecule has 1 N–H and O–H groups in total. The molecular formula is C22H16Cl3NO2S. The van der Waals surface area contributed by atoms with Crippen molar-refractivity contribution >= 4 is 63.9 Å². The summed E-state index contributed by atoms with van der Waals surface area (Å²) in [6.07, 6.45) is 0. The van der Waals surface area contributed by atoms with Gasteiger partial charge in [0.15, 0.2) is 5.78 Å². The maximum atomic E-state index is 12.8. The molecule has 0 radical (unpaired) electrons. The summed E-state index contributed by atoms with van der Waals surface area (Å²) in [6, 6.07) is 19.0. The van der Waals surface area contributed by atoms with Crippen molar-refractivity contribution < 1.29 is 9.59 Å². The zero-order valence-corrected chi connectivity index (χ0v) is 18.2. The number of carbonyl (C=O) groups excluding carboxylic acids is 2. The van der Waals surface area contributed by atoms with Gasteiger partial charge in [0.2, 0.25) is 5.91 Å². The lowest BCUT2D eigenvalue weighted by molar-refractivity contribution is -0.113. The fourth-order valence-corrected chi connectivity index (χ4v) is 4.40. The van der Waals surface area contributed by atoms with E-state index in [0.717, 1.165) is 5.56 Å². The number of rotatable bonds is 7. The van der Waals surface area contributed by atoms with Gasteiger partial charge in [0.25, 0.3) is 0 Å². The van der Waals surface area contributed by atoms with Gasteiger partial charge in [0.1, 0.15) is 0 Å². The number of carbonyl (C=O) groups is 2. The van der Waals surface area contributed by atoms with E-state index >= 15 is 0 Å². The molecule has 3 aromatic carbocycles. The fourth-order valence-electron chi connectivity index (χ4n) is 2.66. The highest BCUT2D eigenvalue weighted by Crippen LogP contribution is 2.28. The summed E-state index contributed by atoms with van der Waals surface area (Å²) in [6.45, 7) is 0. The van der Waals surface area contributed by atoms with Crippen molar-refractivity contribution in [2.75, 3.05) is 11.1 Å². The minimum Gasteiger partial charge on any atom is -0.325 e. The quantitative estimate of drug-likeness (QED) is 0.393. The molecule has 0 bridgehead atoms. The normalized spacial score (nSPS) is 10.6. The van der Waals surface area contributed by atoms with Gasteiger partial charge in [-0.05, 0) is 35.9 Å². The number of thioether (sulfide) groups is 1. The third-order valence-electron chi connectivity index (χ3n) is 4.08. The van der Waals surface area contributed by atoms with Crippen LogP contribution in [0.4, 0.5) is 5.69 Å². The second-order valence-electron chi connectivity index (χ2n) is 6.13. The van der Waals surface area contributed by atoms with Crippen molar-refractivity contribution in [1.82, 2.24) is 0 Å². The number of halogens is 3. The summed E-state index contributed by atoms with van der Waals surface area (Å²) >= 11 is 19.8. The van der Waals surface area contributed by atoms with Crippen LogP contribution in [-0.4, -0.2) is 17.4 Å². The highest BCUT2D eigenvalue weighted by Gasteiger charge is 2.16. The van der Waals surface area contributed by atoms with Crippen molar-refractivity contribution in [1.29, 1.82) is 0 Å². The Morgan fingerprint density at radius 1 is 0.862 bits per heavy atom. The molecule has 148 valence electrons. The SMILES string of the molecule is O=C(CSCc1c(Cl)cccc1Cl)Nc1ccc(Cl)cc1C(=O)c1ccccc1. The van der Waals surface area contributed by atoms with Gasteiger partial charge in [-0.15, -0.1) is 11.8 Å². The largest absolute Gasteiger partial charge is 0.325 e. The third-order valence-corrected chi connectivity index (χ3v) is 5.98. The Kier molecular flexibility index (Phi) is 7.62. The van der Waals surface area contributed by atoms with Crippen LogP contribution >= 0.6 is 46.6 Å². The molecule has 0 aliphatic heterocycles. The molecule has 0 aromatic heterocycles. The Bertz CT molecular complexity index is 1020. The standard InChI is InChI=1S/C22H16Cl3NO2S/c23-15-9-10-20(16(11-15)22(28)14-5-2-1-3-6-14)26-21(27)13-29-12-17-18(24)7-4-8-19(17)25/h1-11H,12-13H2,(H,26,27). The lowest BCUT2D eigenvalue weighted by atomic mass is 10.0. The second-order valence-corrected chi connectivity index (χ2v) is 8.36. The second kappa shape index (κ2) is 10.2. The number of anilines is 1. The molecule has 0 spiro atoms. The first-order valence-corrected chi connectivity index (χ1v) is 10.9. The number of hydrogen-bond donors (Lipinski definition) is 1. The van der Waals surface area contributed by atoms with Gasteiger partial charge in [-0.2, -0.15) is 0 Å². The first-order valence-electron chi connectivity index (χ1n) is 8.65. The lowest BCUT2D eigenvalue weighted by Gasteiger charge is -2.12. The summed E-state index contributed by atoms with van der Waals surface area (Å²) in [7, 11) is 0. The van der Waals surface area contributed by atoms with Crippen LogP contribution in [-0.2, 0) is 10.5 Å². The number of benzene rings is 3. The predicted octanol–water partition coefficient (Wildman–Crippen LogP) is 6.75. The van der Waals surface area contributed by atoms with E-state index in [2.05, 4.69) is 5.32 Å². The van der Waals surface area contributed by atoms with Crippen LogP contribution in [0, 0.1) is 0 Å². The lowest BCUT2D eigenvalue weighted by Crippen LogP contribution is -2.17. The van der Waals surface area contributed by atoms with Gasteiger partial charge < -0.3 is 5.32 Å². The van der Waals surface area contributed by atoms with Crippen molar-refractivity contribution in [3.63, 3.8) is 0 Å². The Labute approximate surface area is 188 Å². The average molecular weight is 465 g/mol. The molecule has 0 heterocycles. The van der Waals surface area contributed by atoms with Crippen LogP contribution in [0.2, 0.25) is 15.1 Å². The van der Waals surface area contributed by atoms with Gasteiger partial charge in [0.05, 0.1) is 11.4 Å². The van der Waals surface area contributed by atoms with Crippen molar-refractivity contribution in [2.24, 2.45) is 0 Å². The summed E-state index contributed by atoms with van der Waals surface area (Å²) in [4.78, 5) is 25.3. The first-order chi connectivity index (χ1) is 14.0. The smallest absolute Gasteiger partial charge is 0.234 e. The Balaban J connectivity index is 1.68. The molecule has 7 heteroatoms. The Morgan fingerprint density at radius 3 is 2.24 bits per heavy atom. The summed E-state index contributed by atoms with van der Waals surface area (Å²) < 4.78 is 0. The van der Waals surface area contributed by atoms with E-state index in [9.17, 15) is 9.59 Å². The van der Waals surface area contributed by atoms with Gasteiger partial charge >= 0.3 is 0 Å². The number of hydrogen-bond acceptors (Lipinski definition) is 3. The molecule has 0 atom stereocenters. The van der Waals surface area contributed by atoms with Gasteiger partial charge in [-0.3, -0.25) is 9.59 Å². The van der Waals surface area contributed by atoms with E-state index in [-0.39, 0.29) is 17.4 Å². The monoisotopic (exact) mass is 463 g/mol. The zero-order chi connectivity index (χ0) is 20.8. The molecule has 0 aliphatic carbocycles. The number of amides is 1. The van der Waals surface area contributed by atoms with Crippen LogP contribution in [0.25, 0.3) is 0 Å². The maximum Gasteiger partial charge on any atom is 0.234 e. The molecule has 0 aliphatic rings. The molecule has 1 amide bonds. The van der Waals surface area contributed by atoms with Crippen LogP contribution in [0.15, 0.2) is 66.7 Å². The molecule has 29 heavy (non-hydrogen) atoms. The number of ketones is 1. The molecule has 0 unspecified atom stereocenters.